The fourth-order valence-corrected chi connectivity index (χ4v) is 2.43. The van der Waals surface area contributed by atoms with Gasteiger partial charge in [0.15, 0.2) is 5.79 Å². The Bertz CT molecular complexity index is 543. The van der Waals surface area contributed by atoms with Crippen molar-refractivity contribution in [3.05, 3.63) is 35.9 Å². The summed E-state index contributed by atoms with van der Waals surface area (Å²) in [4.78, 5) is 24.2. The van der Waals surface area contributed by atoms with E-state index >= 15 is 0 Å². The van der Waals surface area contributed by atoms with Crippen LogP contribution in [0.5, 0.6) is 0 Å². The standard InChI is InChI=1S/C17H23NO5/c1-4-21-15(19)10-13(14-11-22-17(2,3)23-14)18-16(20)12-8-6-5-7-9-12/h5-9,13-14H,4,10-11H2,1-3H3,(H,18,20)/t13-,14-/m0/s1. The highest BCUT2D eigenvalue weighted by Crippen LogP contribution is 2.25. The second-order valence-electron chi connectivity index (χ2n) is 5.82. The number of carbonyl (C=O) groups excluding carboxylic acids is 2. The second kappa shape index (κ2) is 7.57. The van der Waals surface area contributed by atoms with Gasteiger partial charge in [-0.05, 0) is 32.9 Å². The number of nitrogens with one attached hydrogen (secondary N) is 1. The summed E-state index contributed by atoms with van der Waals surface area (Å²) in [5.74, 6) is -1.36. The van der Waals surface area contributed by atoms with Crippen molar-refractivity contribution in [2.45, 2.75) is 45.1 Å². The predicted molar refractivity (Wildman–Crippen MR) is 83.9 cm³/mol. The molecule has 6 heteroatoms. The monoisotopic (exact) mass is 321 g/mol. The topological polar surface area (TPSA) is 73.9 Å². The average Bonchev–Trinajstić information content (AvgIpc) is 2.88. The van der Waals surface area contributed by atoms with Gasteiger partial charge in [0.2, 0.25) is 0 Å². The van der Waals surface area contributed by atoms with Crippen LogP contribution in [0.2, 0.25) is 0 Å². The van der Waals surface area contributed by atoms with E-state index in [-0.39, 0.29) is 18.3 Å². The highest BCUT2D eigenvalue weighted by Gasteiger charge is 2.39. The Morgan fingerprint density at radius 3 is 2.61 bits per heavy atom. The van der Waals surface area contributed by atoms with Crippen molar-refractivity contribution < 1.29 is 23.8 Å². The summed E-state index contributed by atoms with van der Waals surface area (Å²) in [5, 5.41) is 2.86. The zero-order valence-corrected chi connectivity index (χ0v) is 13.7. The number of rotatable bonds is 6. The number of hydrogen-bond acceptors (Lipinski definition) is 5. The van der Waals surface area contributed by atoms with Crippen LogP contribution < -0.4 is 5.32 Å². The molecule has 0 radical (unpaired) electrons. The third-order valence-electron chi connectivity index (χ3n) is 3.52. The van der Waals surface area contributed by atoms with Crippen LogP contribution in [0, 0.1) is 0 Å². The molecule has 23 heavy (non-hydrogen) atoms. The van der Waals surface area contributed by atoms with E-state index < -0.39 is 17.9 Å². The first-order valence-corrected chi connectivity index (χ1v) is 7.74. The Morgan fingerprint density at radius 2 is 2.04 bits per heavy atom. The van der Waals surface area contributed by atoms with Crippen LogP contribution in [-0.4, -0.2) is 43.0 Å². The fourth-order valence-electron chi connectivity index (χ4n) is 2.43. The molecule has 126 valence electrons. The van der Waals surface area contributed by atoms with Gasteiger partial charge in [-0.25, -0.2) is 0 Å². The first kappa shape index (κ1) is 17.4. The van der Waals surface area contributed by atoms with Crippen LogP contribution in [-0.2, 0) is 19.0 Å². The molecular formula is C17H23NO5. The van der Waals surface area contributed by atoms with Crippen LogP contribution in [0.15, 0.2) is 30.3 Å². The van der Waals surface area contributed by atoms with E-state index in [1.165, 1.54) is 0 Å². The van der Waals surface area contributed by atoms with Crippen LogP contribution in [0.25, 0.3) is 0 Å². The van der Waals surface area contributed by atoms with Crippen molar-refractivity contribution in [3.63, 3.8) is 0 Å². The molecule has 0 aliphatic carbocycles. The molecule has 0 unspecified atom stereocenters. The molecule has 2 atom stereocenters. The zero-order chi connectivity index (χ0) is 16.9. The molecule has 1 aromatic carbocycles. The first-order valence-electron chi connectivity index (χ1n) is 7.74. The van der Waals surface area contributed by atoms with E-state index in [9.17, 15) is 9.59 Å². The molecule has 0 aromatic heterocycles. The molecular weight excluding hydrogens is 298 g/mol. The third kappa shape index (κ3) is 5.04. The number of ether oxygens (including phenoxy) is 3. The van der Waals surface area contributed by atoms with E-state index in [1.54, 1.807) is 45.0 Å². The Hall–Kier alpha value is -1.92. The molecule has 0 saturated carbocycles. The molecule has 1 aliphatic heterocycles. The molecule has 0 spiro atoms. The lowest BCUT2D eigenvalue weighted by Gasteiger charge is -2.24. The molecule has 1 saturated heterocycles. The average molecular weight is 321 g/mol. The summed E-state index contributed by atoms with van der Waals surface area (Å²) in [6, 6.07) is 8.33. The number of esters is 1. The zero-order valence-electron chi connectivity index (χ0n) is 13.7. The van der Waals surface area contributed by atoms with Gasteiger partial charge >= 0.3 is 5.97 Å². The third-order valence-corrected chi connectivity index (χ3v) is 3.52. The van der Waals surface area contributed by atoms with Crippen LogP contribution in [0.3, 0.4) is 0 Å². The highest BCUT2D eigenvalue weighted by atomic mass is 16.7. The predicted octanol–water partition coefficient (Wildman–Crippen LogP) is 1.89. The van der Waals surface area contributed by atoms with Crippen molar-refractivity contribution in [1.82, 2.24) is 5.32 Å². The molecule has 2 rings (SSSR count). The minimum Gasteiger partial charge on any atom is -0.466 e. The van der Waals surface area contributed by atoms with E-state index in [0.29, 0.717) is 18.8 Å². The van der Waals surface area contributed by atoms with Gasteiger partial charge in [-0.15, -0.1) is 0 Å². The minimum absolute atomic E-state index is 0.0382. The maximum Gasteiger partial charge on any atom is 0.307 e. The molecule has 0 bridgehead atoms. The summed E-state index contributed by atoms with van der Waals surface area (Å²) in [6.07, 6.45) is -0.363. The minimum atomic E-state index is -0.727. The quantitative estimate of drug-likeness (QED) is 0.810. The van der Waals surface area contributed by atoms with E-state index in [1.807, 2.05) is 6.07 Å². The summed E-state index contributed by atoms with van der Waals surface area (Å²) in [7, 11) is 0. The van der Waals surface area contributed by atoms with Crippen molar-refractivity contribution >= 4 is 11.9 Å². The van der Waals surface area contributed by atoms with Crippen LogP contribution in [0.4, 0.5) is 0 Å². The highest BCUT2D eigenvalue weighted by molar-refractivity contribution is 5.94. The van der Waals surface area contributed by atoms with Gasteiger partial charge in [-0.1, -0.05) is 18.2 Å². The van der Waals surface area contributed by atoms with Gasteiger partial charge in [0.25, 0.3) is 5.91 Å². The number of hydrogen-bond donors (Lipinski definition) is 1. The van der Waals surface area contributed by atoms with E-state index in [4.69, 9.17) is 14.2 Å². The van der Waals surface area contributed by atoms with Gasteiger partial charge in [-0.3, -0.25) is 9.59 Å². The number of benzene rings is 1. The van der Waals surface area contributed by atoms with Crippen molar-refractivity contribution in [2.75, 3.05) is 13.2 Å². The molecule has 1 N–H and O–H groups in total. The Kier molecular flexibility index (Phi) is 5.74. The lowest BCUT2D eigenvalue weighted by Crippen LogP contribution is -2.46. The van der Waals surface area contributed by atoms with Gasteiger partial charge in [-0.2, -0.15) is 0 Å². The molecule has 1 fully saturated rings. The van der Waals surface area contributed by atoms with Gasteiger partial charge in [0.05, 0.1) is 25.7 Å². The normalized spacial score (nSPS) is 20.7. The molecule has 1 amide bonds. The molecule has 1 aromatic rings. The lowest BCUT2D eigenvalue weighted by atomic mass is 10.1. The van der Waals surface area contributed by atoms with E-state index in [0.717, 1.165) is 0 Å². The number of amides is 1. The van der Waals surface area contributed by atoms with E-state index in [2.05, 4.69) is 5.32 Å². The second-order valence-corrected chi connectivity index (χ2v) is 5.82. The molecule has 6 nitrogen and oxygen atoms in total. The summed E-state index contributed by atoms with van der Waals surface area (Å²) in [5.41, 5.74) is 0.527. The summed E-state index contributed by atoms with van der Waals surface area (Å²) in [6.45, 7) is 5.95. The smallest absolute Gasteiger partial charge is 0.307 e. The fraction of sp³-hybridized carbons (Fsp3) is 0.529. The SMILES string of the molecule is CCOC(=O)C[C@H](NC(=O)c1ccccc1)[C@@H]1COC(C)(C)O1. The van der Waals surface area contributed by atoms with Gasteiger partial charge in [0, 0.05) is 5.56 Å². The lowest BCUT2D eigenvalue weighted by molar-refractivity contribution is -0.150. The Balaban J connectivity index is 2.07. The van der Waals surface area contributed by atoms with Gasteiger partial charge < -0.3 is 19.5 Å². The maximum absolute atomic E-state index is 12.4. The first-order chi connectivity index (χ1) is 10.9. The van der Waals surface area contributed by atoms with Crippen molar-refractivity contribution in [2.24, 2.45) is 0 Å². The molecule has 1 aliphatic rings. The Labute approximate surface area is 136 Å². The van der Waals surface area contributed by atoms with Crippen LogP contribution in [0.1, 0.15) is 37.6 Å². The van der Waals surface area contributed by atoms with Crippen LogP contribution >= 0.6 is 0 Å². The molecule has 1 heterocycles. The maximum atomic E-state index is 12.4. The summed E-state index contributed by atoms with van der Waals surface area (Å²) >= 11 is 0. The van der Waals surface area contributed by atoms with Gasteiger partial charge in [0.1, 0.15) is 6.10 Å². The van der Waals surface area contributed by atoms with Crippen molar-refractivity contribution in [3.8, 4) is 0 Å². The largest absolute Gasteiger partial charge is 0.466 e. The number of carbonyl (C=O) groups is 2. The Morgan fingerprint density at radius 1 is 1.35 bits per heavy atom. The van der Waals surface area contributed by atoms with Crippen molar-refractivity contribution in [1.29, 1.82) is 0 Å². The summed E-state index contributed by atoms with van der Waals surface area (Å²) < 4.78 is 16.3.